The summed E-state index contributed by atoms with van der Waals surface area (Å²) in [5, 5.41) is 0. The van der Waals surface area contributed by atoms with Crippen molar-refractivity contribution in [3.63, 3.8) is 0 Å². The maximum atomic E-state index is 13.1. The van der Waals surface area contributed by atoms with Gasteiger partial charge < -0.3 is 0 Å². The first-order chi connectivity index (χ1) is 11.5. The van der Waals surface area contributed by atoms with Gasteiger partial charge in [-0.3, -0.25) is 0 Å². The van der Waals surface area contributed by atoms with Crippen molar-refractivity contribution in [2.45, 2.75) is 67.6 Å². The highest BCUT2D eigenvalue weighted by molar-refractivity contribution is 5.08. The fourth-order valence-corrected chi connectivity index (χ4v) is 1.57. The van der Waals surface area contributed by atoms with Crippen LogP contribution in [0.3, 0.4) is 0 Å². The lowest BCUT2D eigenvalue weighted by Gasteiger charge is -2.39. The molecule has 0 aromatic carbocycles. The van der Waals surface area contributed by atoms with Gasteiger partial charge in [0.15, 0.2) is 0 Å². The Kier molecular flexibility index (Phi) is 6.46. The molecule has 0 unspecified atom stereocenters. The van der Waals surface area contributed by atoms with Gasteiger partial charge in [-0.05, 0) is 0 Å². The Labute approximate surface area is 139 Å². The molecule has 0 fully saturated rings. The summed E-state index contributed by atoms with van der Waals surface area (Å²) in [6.45, 7) is 0.147. The Bertz CT molecular complexity index is 518. The van der Waals surface area contributed by atoms with Crippen molar-refractivity contribution < 1.29 is 70.2 Å². The molecule has 0 atom stereocenters. The minimum absolute atomic E-state index is 0.147. The monoisotopic (exact) mass is 444 g/mol. The lowest BCUT2D eigenvalue weighted by Crippen LogP contribution is -2.66. The summed E-state index contributed by atoms with van der Waals surface area (Å²) in [7, 11) is 0. The average Bonchev–Trinajstić information content (AvgIpc) is 2.44. The standard InChI is InChI=1S/C11H8F16/c1-2-5(14,15)9(22,23)6(16,17)3-7(18,19)10(24,25)11(26,27)8(20,21)4(12)13/h4H,2-3H2,1H3. The second-order valence-corrected chi connectivity index (χ2v) is 5.29. The van der Waals surface area contributed by atoms with Gasteiger partial charge in [-0.25, -0.2) is 8.78 Å². The van der Waals surface area contributed by atoms with Crippen molar-refractivity contribution >= 4 is 0 Å². The van der Waals surface area contributed by atoms with Crippen molar-refractivity contribution in [2.24, 2.45) is 0 Å². The third-order valence-corrected chi connectivity index (χ3v) is 3.35. The lowest BCUT2D eigenvalue weighted by atomic mass is 9.90. The van der Waals surface area contributed by atoms with E-state index >= 15 is 0 Å². The van der Waals surface area contributed by atoms with Gasteiger partial charge in [0.2, 0.25) is 0 Å². The molecule has 27 heavy (non-hydrogen) atoms. The van der Waals surface area contributed by atoms with Crippen molar-refractivity contribution in [1.29, 1.82) is 0 Å². The molecule has 0 spiro atoms. The number of rotatable bonds is 9. The van der Waals surface area contributed by atoms with Gasteiger partial charge in [0.05, 0.1) is 6.42 Å². The maximum absolute atomic E-state index is 13.1. The van der Waals surface area contributed by atoms with E-state index in [1.807, 2.05) is 0 Å². The average molecular weight is 444 g/mol. The molecule has 0 bridgehead atoms. The zero-order chi connectivity index (χ0) is 22.5. The second kappa shape index (κ2) is 6.74. The van der Waals surface area contributed by atoms with Crippen molar-refractivity contribution in [3.8, 4) is 0 Å². The van der Waals surface area contributed by atoms with Crippen LogP contribution in [0.15, 0.2) is 0 Å². The summed E-state index contributed by atoms with van der Waals surface area (Å²) in [6.07, 6.45) is -12.3. The van der Waals surface area contributed by atoms with Gasteiger partial charge in [0.25, 0.3) is 0 Å². The summed E-state index contributed by atoms with van der Waals surface area (Å²) in [5.41, 5.74) is 0. The molecule has 0 saturated carbocycles. The molecule has 0 saturated heterocycles. The molecule has 0 aliphatic rings. The normalized spacial score (nSPS) is 16.2. The summed E-state index contributed by atoms with van der Waals surface area (Å²) in [6, 6.07) is 0. The number of hydrogen-bond acceptors (Lipinski definition) is 0. The number of halogens is 16. The molecule has 164 valence electrons. The van der Waals surface area contributed by atoms with Gasteiger partial charge in [-0.1, -0.05) is 6.92 Å². The summed E-state index contributed by atoms with van der Waals surface area (Å²) >= 11 is 0. The van der Waals surface area contributed by atoms with Crippen LogP contribution in [0.2, 0.25) is 0 Å². The molecule has 0 aromatic rings. The Morgan fingerprint density at radius 1 is 0.519 bits per heavy atom. The topological polar surface area (TPSA) is 0 Å². The van der Waals surface area contributed by atoms with Gasteiger partial charge in [-0.15, -0.1) is 0 Å². The van der Waals surface area contributed by atoms with E-state index in [0.717, 1.165) is 0 Å². The highest BCUT2D eigenvalue weighted by atomic mass is 19.4. The minimum atomic E-state index is -7.75. The third-order valence-electron chi connectivity index (χ3n) is 3.35. The van der Waals surface area contributed by atoms with Crippen LogP contribution in [0, 0.1) is 0 Å². The van der Waals surface area contributed by atoms with E-state index in [0.29, 0.717) is 0 Å². The third kappa shape index (κ3) is 3.76. The van der Waals surface area contributed by atoms with Crippen LogP contribution in [0.1, 0.15) is 19.8 Å². The predicted octanol–water partition coefficient (Wildman–Crippen LogP) is 6.50. The van der Waals surface area contributed by atoms with Crippen LogP contribution < -0.4 is 0 Å². The first-order valence-electron chi connectivity index (χ1n) is 6.39. The summed E-state index contributed by atoms with van der Waals surface area (Å²) in [5.74, 6) is -49.3. The van der Waals surface area contributed by atoms with Crippen molar-refractivity contribution in [3.05, 3.63) is 0 Å². The van der Waals surface area contributed by atoms with E-state index < -0.39 is 60.7 Å². The summed E-state index contributed by atoms with van der Waals surface area (Å²) < 4.78 is 205. The molecular formula is C11H8F16. The van der Waals surface area contributed by atoms with E-state index in [4.69, 9.17) is 0 Å². The molecule has 0 amide bonds. The van der Waals surface area contributed by atoms with Crippen molar-refractivity contribution in [2.75, 3.05) is 0 Å². The fourth-order valence-electron chi connectivity index (χ4n) is 1.57. The van der Waals surface area contributed by atoms with Gasteiger partial charge >= 0.3 is 47.9 Å². The van der Waals surface area contributed by atoms with Gasteiger partial charge in [-0.2, -0.15) is 61.5 Å². The molecule has 0 aliphatic heterocycles. The molecule has 0 aromatic heterocycles. The number of hydrogen-bond donors (Lipinski definition) is 0. The van der Waals surface area contributed by atoms with Crippen LogP contribution in [-0.4, -0.2) is 47.9 Å². The van der Waals surface area contributed by atoms with E-state index in [9.17, 15) is 70.2 Å². The van der Waals surface area contributed by atoms with E-state index in [1.165, 1.54) is 0 Å². The predicted molar refractivity (Wildman–Crippen MR) is 55.5 cm³/mol. The van der Waals surface area contributed by atoms with E-state index in [1.54, 1.807) is 0 Å². The Hall–Kier alpha value is -1.12. The van der Waals surface area contributed by atoms with Gasteiger partial charge in [0.1, 0.15) is 0 Å². The SMILES string of the molecule is CCC(F)(F)C(F)(F)C(F)(F)CC(F)(F)C(F)(F)C(F)(F)C(F)(F)C(F)F. The van der Waals surface area contributed by atoms with Gasteiger partial charge in [0, 0.05) is 6.42 Å². The minimum Gasteiger partial charge on any atom is -0.203 e. The largest absolute Gasteiger partial charge is 0.384 e. The quantitative estimate of drug-likeness (QED) is 0.357. The van der Waals surface area contributed by atoms with E-state index in [2.05, 4.69) is 0 Å². The lowest BCUT2D eigenvalue weighted by molar-refractivity contribution is -0.398. The first-order valence-corrected chi connectivity index (χ1v) is 6.39. The zero-order valence-corrected chi connectivity index (χ0v) is 12.5. The van der Waals surface area contributed by atoms with Crippen LogP contribution in [0.25, 0.3) is 0 Å². The zero-order valence-electron chi connectivity index (χ0n) is 12.5. The highest BCUT2D eigenvalue weighted by Crippen LogP contribution is 2.59. The van der Waals surface area contributed by atoms with E-state index in [-0.39, 0.29) is 6.92 Å². The van der Waals surface area contributed by atoms with Crippen LogP contribution in [0.5, 0.6) is 0 Å². The van der Waals surface area contributed by atoms with Crippen molar-refractivity contribution in [1.82, 2.24) is 0 Å². The number of alkyl halides is 16. The molecule has 16 heteroatoms. The first kappa shape index (κ1) is 25.9. The Balaban J connectivity index is 6.14. The molecule has 0 nitrogen and oxygen atoms in total. The second-order valence-electron chi connectivity index (χ2n) is 5.29. The van der Waals surface area contributed by atoms with Crippen LogP contribution >= 0.6 is 0 Å². The highest BCUT2D eigenvalue weighted by Gasteiger charge is 2.85. The fraction of sp³-hybridized carbons (Fsp3) is 1.00. The van der Waals surface area contributed by atoms with Crippen LogP contribution in [0.4, 0.5) is 70.2 Å². The summed E-state index contributed by atoms with van der Waals surface area (Å²) in [4.78, 5) is 0. The Morgan fingerprint density at radius 3 is 1.15 bits per heavy atom. The van der Waals surface area contributed by atoms with Crippen LogP contribution in [-0.2, 0) is 0 Å². The smallest absolute Gasteiger partial charge is 0.203 e. The molecule has 0 aliphatic carbocycles. The molecular weight excluding hydrogens is 436 g/mol. The molecule has 0 rings (SSSR count). The molecule has 0 radical (unpaired) electrons. The Morgan fingerprint density at radius 2 is 0.852 bits per heavy atom. The maximum Gasteiger partial charge on any atom is 0.384 e. The molecule has 0 heterocycles. The molecule has 0 N–H and O–H groups in total.